The van der Waals surface area contributed by atoms with E-state index in [9.17, 15) is 47.9 Å². The first-order chi connectivity index (χ1) is 26.0. The zero-order chi connectivity index (χ0) is 40.2. The average Bonchev–Trinajstić information content (AvgIpc) is 3.12. The van der Waals surface area contributed by atoms with E-state index >= 15 is 0 Å². The Morgan fingerprint density at radius 3 is 2.11 bits per heavy atom. The van der Waals surface area contributed by atoms with Crippen LogP contribution < -0.4 is 32.3 Å². The molecule has 0 bridgehead atoms. The number of rotatable bonds is 16. The molecule has 294 valence electrons. The maximum atomic E-state index is 13.8. The van der Waals surface area contributed by atoms with Crippen molar-refractivity contribution in [3.8, 4) is 0 Å². The minimum absolute atomic E-state index is 0.122. The van der Waals surface area contributed by atoms with Crippen LogP contribution in [0.25, 0.3) is 10.8 Å². The van der Waals surface area contributed by atoms with Crippen LogP contribution in [0.4, 0.5) is 4.79 Å². The number of carbonyl (C=O) groups excluding carboxylic acids is 6. The molecule has 10 N–H and O–H groups in total. The summed E-state index contributed by atoms with van der Waals surface area (Å²) >= 11 is 0. The van der Waals surface area contributed by atoms with Crippen molar-refractivity contribution in [3.63, 3.8) is 0 Å². The molecule has 1 aliphatic carbocycles. The van der Waals surface area contributed by atoms with E-state index in [4.69, 9.17) is 10.8 Å². The quantitative estimate of drug-likeness (QED) is 0.0567. The Morgan fingerprint density at radius 2 is 1.45 bits per heavy atom. The molecule has 3 aromatic rings. The van der Waals surface area contributed by atoms with Gasteiger partial charge >= 0.3 is 25.5 Å². The van der Waals surface area contributed by atoms with E-state index in [-0.39, 0.29) is 31.4 Å². The van der Waals surface area contributed by atoms with Gasteiger partial charge in [-0.15, -0.1) is 0 Å². The molecule has 18 heteroatoms. The number of nitrogens with one attached hydrogen (secondary N) is 5. The van der Waals surface area contributed by atoms with Crippen molar-refractivity contribution in [2.24, 2.45) is 5.73 Å². The molecular weight excluding hydrogens is 735 g/mol. The molecule has 4 rings (SSSR count). The van der Waals surface area contributed by atoms with Crippen molar-refractivity contribution in [1.29, 1.82) is 0 Å². The van der Waals surface area contributed by atoms with Gasteiger partial charge in [-0.05, 0) is 53.1 Å². The summed E-state index contributed by atoms with van der Waals surface area (Å²) in [4.78, 5) is 107. The van der Waals surface area contributed by atoms with Crippen LogP contribution in [-0.2, 0) is 52.3 Å². The van der Waals surface area contributed by atoms with Gasteiger partial charge in [0.1, 0.15) is 17.6 Å². The van der Waals surface area contributed by atoms with Gasteiger partial charge in [0.2, 0.25) is 17.7 Å². The maximum absolute atomic E-state index is 13.8. The van der Waals surface area contributed by atoms with Crippen LogP contribution >= 0.6 is 7.60 Å². The van der Waals surface area contributed by atoms with Crippen LogP contribution in [0.15, 0.2) is 66.7 Å². The molecule has 0 aliphatic heterocycles. The second-order valence-corrected chi connectivity index (χ2v) is 15.1. The molecule has 0 unspecified atom stereocenters. The number of carbonyl (C=O) groups is 7. The first-order valence-electron chi connectivity index (χ1n) is 17.7. The molecule has 0 saturated heterocycles. The van der Waals surface area contributed by atoms with Crippen LogP contribution in [0, 0.1) is 0 Å². The number of imide groups is 1. The molecule has 17 nitrogen and oxygen atoms in total. The van der Waals surface area contributed by atoms with Crippen LogP contribution in [0.1, 0.15) is 61.6 Å². The molecule has 2 atom stereocenters. The summed E-state index contributed by atoms with van der Waals surface area (Å²) in [6, 6.07) is 15.4. The monoisotopic (exact) mass is 780 g/mol. The first kappa shape index (κ1) is 42.1. The number of amides is 7. The summed E-state index contributed by atoms with van der Waals surface area (Å²) < 4.78 is 11.3. The third-order valence-electron chi connectivity index (χ3n) is 9.23. The molecule has 1 aliphatic rings. The molecule has 0 radical (unpaired) electrons. The highest BCUT2D eigenvalue weighted by atomic mass is 31.2. The number of hydrogen-bond acceptors (Lipinski definition) is 8. The van der Waals surface area contributed by atoms with Crippen molar-refractivity contribution in [1.82, 2.24) is 26.6 Å². The molecule has 3 aromatic carbocycles. The second kappa shape index (κ2) is 19.1. The van der Waals surface area contributed by atoms with Crippen molar-refractivity contribution < 1.29 is 53.0 Å². The van der Waals surface area contributed by atoms with E-state index in [1.807, 2.05) is 53.1 Å². The normalized spacial score (nSPS) is 14.8. The summed E-state index contributed by atoms with van der Waals surface area (Å²) in [5.41, 5.74) is 5.55. The number of benzene rings is 3. The number of aryl methyl sites for hydroxylation is 1. The number of carboxylic acids is 1. The minimum Gasteiger partial charge on any atom is -0.474 e. The summed E-state index contributed by atoms with van der Waals surface area (Å²) in [5.74, 6) is -6.82. The number of primary amides is 1. The van der Waals surface area contributed by atoms with E-state index in [1.54, 1.807) is 0 Å². The van der Waals surface area contributed by atoms with E-state index in [1.165, 1.54) is 24.3 Å². The van der Waals surface area contributed by atoms with Gasteiger partial charge < -0.3 is 41.9 Å². The third-order valence-corrected chi connectivity index (χ3v) is 10.0. The largest absolute Gasteiger partial charge is 0.474 e. The van der Waals surface area contributed by atoms with E-state index in [2.05, 4.69) is 16.0 Å². The highest BCUT2D eigenvalue weighted by Gasteiger charge is 2.43. The predicted molar refractivity (Wildman–Crippen MR) is 199 cm³/mol. The summed E-state index contributed by atoms with van der Waals surface area (Å²) in [5, 5.41) is 23.2. The van der Waals surface area contributed by atoms with Gasteiger partial charge in [-0.2, -0.15) is 0 Å². The Hall–Kier alpha value is -5.64. The Balaban J connectivity index is 1.41. The van der Waals surface area contributed by atoms with E-state index in [0.29, 0.717) is 31.2 Å². The number of aliphatic carboxylic acids is 1. The summed E-state index contributed by atoms with van der Waals surface area (Å²) in [7, 11) is -4.36. The van der Waals surface area contributed by atoms with Crippen LogP contribution in [0.2, 0.25) is 0 Å². The summed E-state index contributed by atoms with van der Waals surface area (Å²) in [6.45, 7) is 0.234. The number of fused-ring (bicyclic) bond motifs is 1. The minimum atomic E-state index is -4.36. The summed E-state index contributed by atoms with van der Waals surface area (Å²) in [6.07, 6.45) is 1.81. The van der Waals surface area contributed by atoms with E-state index < -0.39 is 79.3 Å². The molecular formula is C37H45N6O11P. The lowest BCUT2D eigenvalue weighted by Crippen LogP contribution is -2.65. The van der Waals surface area contributed by atoms with Gasteiger partial charge in [-0.25, -0.2) is 9.59 Å². The maximum Gasteiger partial charge on any atom is 0.394 e. The molecule has 1 fully saturated rings. The fourth-order valence-electron chi connectivity index (χ4n) is 6.53. The van der Waals surface area contributed by atoms with Crippen LogP contribution in [0.3, 0.4) is 0 Å². The highest BCUT2D eigenvalue weighted by Crippen LogP contribution is 2.39. The Morgan fingerprint density at radius 1 is 0.800 bits per heavy atom. The Bertz CT molecular complexity index is 1950. The number of carboxylic acid groups (broad SMARTS) is 1. The lowest BCUT2D eigenvalue weighted by molar-refractivity contribution is -0.150. The molecule has 0 aromatic heterocycles. The molecule has 1 saturated carbocycles. The zero-order valence-electron chi connectivity index (χ0n) is 29.9. The SMILES string of the molecule is NC(=O)C[C@@H](NC(=O)C1(NC(=O)NC(=O)[C@H](Cc2ccc(CP(=O)(O)O)cc2)NC(=O)C(=O)O)CCCCC1)C(=O)NCCCc1cccc2ccccc12. The van der Waals surface area contributed by atoms with Crippen LogP contribution in [-0.4, -0.2) is 80.6 Å². The predicted octanol–water partition coefficient (Wildman–Crippen LogP) is 1.27. The Labute approximate surface area is 316 Å². The molecule has 7 amide bonds. The average molecular weight is 781 g/mol. The van der Waals surface area contributed by atoms with Crippen LogP contribution in [0.5, 0.6) is 0 Å². The van der Waals surface area contributed by atoms with Gasteiger partial charge in [0.15, 0.2) is 0 Å². The van der Waals surface area contributed by atoms with Crippen molar-refractivity contribution in [3.05, 3.63) is 83.4 Å². The number of urea groups is 1. The number of nitrogens with two attached hydrogens (primary N) is 1. The fraction of sp³-hybridized carbons (Fsp3) is 0.378. The smallest absolute Gasteiger partial charge is 0.394 e. The standard InChI is InChI=1S/C37H45N6O11P/c38-30(44)21-29(31(45)39-19-7-11-26-10-6-9-25-8-2-3-12-27(25)26)41-35(50)37(17-4-1-5-18-37)43-36(51)42-32(46)28(40-33(47)34(48)49)20-23-13-15-24(16-14-23)22-55(52,53)54/h2-3,6,8-10,12-16,28-29H,1,4-5,7,11,17-22H2,(H2,38,44)(H,39,45)(H,40,47)(H,41,50)(H,48,49)(H2,52,53,54)(H2,42,43,46,51)/t28-,29+/m0/s1. The zero-order valence-corrected chi connectivity index (χ0v) is 30.8. The topological polar surface area (TPSA) is 283 Å². The highest BCUT2D eigenvalue weighted by molar-refractivity contribution is 7.50. The van der Waals surface area contributed by atoms with Crippen molar-refractivity contribution in [2.75, 3.05) is 6.54 Å². The van der Waals surface area contributed by atoms with Gasteiger partial charge in [0.05, 0.1) is 12.6 Å². The lowest BCUT2D eigenvalue weighted by atomic mass is 9.80. The number of hydrogen-bond donors (Lipinski definition) is 9. The molecule has 0 heterocycles. The third kappa shape index (κ3) is 12.7. The fourth-order valence-corrected chi connectivity index (χ4v) is 7.21. The first-order valence-corrected chi connectivity index (χ1v) is 19.5. The molecule has 55 heavy (non-hydrogen) atoms. The Kier molecular flexibility index (Phi) is 14.6. The van der Waals surface area contributed by atoms with Crippen molar-refractivity contribution in [2.45, 2.75) is 81.6 Å². The van der Waals surface area contributed by atoms with Gasteiger partial charge in [0.25, 0.3) is 5.91 Å². The second-order valence-electron chi connectivity index (χ2n) is 13.5. The van der Waals surface area contributed by atoms with E-state index in [0.717, 1.165) is 22.8 Å². The lowest BCUT2D eigenvalue weighted by Gasteiger charge is -2.37. The molecule has 0 spiro atoms. The van der Waals surface area contributed by atoms with Gasteiger partial charge in [-0.3, -0.25) is 33.9 Å². The van der Waals surface area contributed by atoms with Crippen molar-refractivity contribution >= 4 is 59.9 Å². The van der Waals surface area contributed by atoms with Gasteiger partial charge in [0, 0.05) is 13.0 Å². The van der Waals surface area contributed by atoms with Gasteiger partial charge in [-0.1, -0.05) is 86.0 Å².